The normalized spacial score (nSPS) is 10.9. The molecule has 7 heteroatoms. The highest BCUT2D eigenvalue weighted by atomic mass is 33.1. The van der Waals surface area contributed by atoms with Crippen molar-refractivity contribution in [3.05, 3.63) is 24.4 Å². The molecule has 21 heavy (non-hydrogen) atoms. The molecule has 0 aliphatic heterocycles. The number of ether oxygens (including phenoxy) is 3. The van der Waals surface area contributed by atoms with Crippen molar-refractivity contribution in [2.45, 2.75) is 11.4 Å². The van der Waals surface area contributed by atoms with Crippen LogP contribution in [0.1, 0.15) is 6.42 Å². The summed E-state index contributed by atoms with van der Waals surface area (Å²) in [4.78, 5) is 4.25. The molecule has 0 aromatic carbocycles. The van der Waals surface area contributed by atoms with Gasteiger partial charge in [0.1, 0.15) is 5.03 Å². The zero-order chi connectivity index (χ0) is 15.0. The summed E-state index contributed by atoms with van der Waals surface area (Å²) in [6.07, 6.45) is 2.85. The first-order chi connectivity index (χ1) is 10.4. The van der Waals surface area contributed by atoms with Crippen LogP contribution in [0.4, 0.5) is 0 Å². The van der Waals surface area contributed by atoms with E-state index in [2.05, 4.69) is 10.7 Å². The zero-order valence-electron chi connectivity index (χ0n) is 12.4. The van der Waals surface area contributed by atoms with Crippen LogP contribution in [0.2, 0.25) is 0 Å². The molecular weight excluding hydrogens is 308 g/mol. The van der Waals surface area contributed by atoms with Crippen LogP contribution >= 0.6 is 21.6 Å². The molecule has 0 bridgehead atoms. The zero-order valence-corrected chi connectivity index (χ0v) is 14.0. The van der Waals surface area contributed by atoms with Crippen molar-refractivity contribution in [3.8, 4) is 0 Å². The van der Waals surface area contributed by atoms with E-state index in [1.165, 1.54) is 0 Å². The summed E-state index contributed by atoms with van der Waals surface area (Å²) < 4.78 is 16.1. The maximum Gasteiger partial charge on any atom is 0.106 e. The van der Waals surface area contributed by atoms with Gasteiger partial charge in [0.25, 0.3) is 0 Å². The third-order valence-corrected chi connectivity index (χ3v) is 4.68. The Morgan fingerprint density at radius 1 is 0.952 bits per heavy atom. The fourth-order valence-electron chi connectivity index (χ4n) is 1.36. The van der Waals surface area contributed by atoms with E-state index < -0.39 is 0 Å². The first-order valence-electron chi connectivity index (χ1n) is 7.16. The minimum Gasteiger partial charge on any atom is -0.379 e. The molecule has 0 saturated carbocycles. The molecule has 3 N–H and O–H groups in total. The molecule has 0 saturated heterocycles. The largest absolute Gasteiger partial charge is 0.379 e. The summed E-state index contributed by atoms with van der Waals surface area (Å²) in [5, 5.41) is 1.05. The van der Waals surface area contributed by atoms with Crippen molar-refractivity contribution < 1.29 is 19.9 Å². The summed E-state index contributed by atoms with van der Waals surface area (Å²) in [6, 6.07) is 5.95. The predicted molar refractivity (Wildman–Crippen MR) is 87.4 cm³/mol. The Hall–Kier alpha value is -0.310. The van der Waals surface area contributed by atoms with Gasteiger partial charge in [-0.15, -0.1) is 0 Å². The molecule has 0 spiro atoms. The Bertz CT molecular complexity index is 331. The summed E-state index contributed by atoms with van der Waals surface area (Å²) in [5.74, 6) is 1.06. The minimum atomic E-state index is 0.625. The van der Waals surface area contributed by atoms with Crippen LogP contribution in [-0.4, -0.2) is 56.9 Å². The van der Waals surface area contributed by atoms with Gasteiger partial charge in [0.05, 0.1) is 39.6 Å². The molecule has 0 fully saturated rings. The van der Waals surface area contributed by atoms with E-state index in [1.807, 2.05) is 35.2 Å². The molecule has 1 rings (SSSR count). The standard InChI is InChI=1S/C14H24N2O3S2/c15-5-8-18-10-12-19-11-9-17-7-3-13-20-21-14-4-1-2-6-16-14/h1-2,4,6H,3,5,7-13,15H2/p+1. The van der Waals surface area contributed by atoms with Crippen LogP contribution in [0.15, 0.2) is 29.4 Å². The Kier molecular flexibility index (Phi) is 13.0. The van der Waals surface area contributed by atoms with Gasteiger partial charge in [-0.3, -0.25) is 0 Å². The van der Waals surface area contributed by atoms with Crippen LogP contribution < -0.4 is 5.73 Å². The Labute approximate surface area is 134 Å². The Morgan fingerprint density at radius 2 is 1.67 bits per heavy atom. The first-order valence-corrected chi connectivity index (χ1v) is 9.48. The minimum absolute atomic E-state index is 0.625. The lowest BCUT2D eigenvalue weighted by molar-refractivity contribution is -0.374. The number of rotatable bonds is 14. The van der Waals surface area contributed by atoms with E-state index in [-0.39, 0.29) is 0 Å². The molecule has 120 valence electrons. The van der Waals surface area contributed by atoms with Crippen molar-refractivity contribution >= 4 is 21.6 Å². The van der Waals surface area contributed by atoms with Crippen LogP contribution in [0, 0.1) is 0 Å². The average molecular weight is 333 g/mol. The van der Waals surface area contributed by atoms with Crippen molar-refractivity contribution in [2.24, 2.45) is 0 Å². The lowest BCUT2D eigenvalue weighted by atomic mass is 10.5. The molecule has 1 aromatic heterocycles. The summed E-state index contributed by atoms with van der Waals surface area (Å²) in [5.41, 5.74) is 3.70. The SMILES string of the molecule is [NH3+]CCOCCOCCOCCCSSc1ccccn1. The summed E-state index contributed by atoms with van der Waals surface area (Å²) in [6.45, 7) is 4.82. The monoisotopic (exact) mass is 333 g/mol. The van der Waals surface area contributed by atoms with Crippen molar-refractivity contribution in [1.82, 2.24) is 4.98 Å². The van der Waals surface area contributed by atoms with Gasteiger partial charge in [0, 0.05) is 18.6 Å². The topological polar surface area (TPSA) is 68.2 Å². The van der Waals surface area contributed by atoms with E-state index in [9.17, 15) is 0 Å². The number of hydrogen-bond acceptors (Lipinski definition) is 6. The molecule has 0 radical (unpaired) electrons. The first kappa shape index (κ1) is 18.7. The predicted octanol–water partition coefficient (Wildman–Crippen LogP) is 1.50. The van der Waals surface area contributed by atoms with Crippen molar-refractivity contribution in [2.75, 3.05) is 51.9 Å². The Morgan fingerprint density at radius 3 is 2.33 bits per heavy atom. The van der Waals surface area contributed by atoms with Crippen LogP contribution in [0.25, 0.3) is 0 Å². The lowest BCUT2D eigenvalue weighted by Gasteiger charge is -2.06. The number of hydrogen-bond donors (Lipinski definition) is 1. The van der Waals surface area contributed by atoms with Gasteiger partial charge in [-0.25, -0.2) is 4.98 Å². The van der Waals surface area contributed by atoms with Gasteiger partial charge in [0.2, 0.25) is 0 Å². The van der Waals surface area contributed by atoms with E-state index in [1.54, 1.807) is 10.8 Å². The van der Waals surface area contributed by atoms with E-state index in [0.717, 1.165) is 30.4 Å². The molecule has 0 amide bonds. The molecule has 1 aromatic rings. The molecule has 1 heterocycles. The molecule has 0 aliphatic carbocycles. The third-order valence-electron chi connectivity index (χ3n) is 2.33. The van der Waals surface area contributed by atoms with Crippen molar-refractivity contribution in [3.63, 3.8) is 0 Å². The third kappa shape index (κ3) is 12.0. The quantitative estimate of drug-likeness (QED) is 0.411. The second-order valence-electron chi connectivity index (χ2n) is 4.12. The maximum atomic E-state index is 5.50. The Balaban J connectivity index is 1.75. The van der Waals surface area contributed by atoms with E-state index in [0.29, 0.717) is 33.0 Å². The van der Waals surface area contributed by atoms with Crippen LogP contribution in [-0.2, 0) is 14.2 Å². The van der Waals surface area contributed by atoms with E-state index >= 15 is 0 Å². The molecule has 0 aliphatic rings. The molecule has 5 nitrogen and oxygen atoms in total. The molecular formula is C14H25N2O3S2+. The van der Waals surface area contributed by atoms with Gasteiger partial charge >= 0.3 is 0 Å². The highest BCUT2D eigenvalue weighted by Crippen LogP contribution is 2.29. The second-order valence-corrected chi connectivity index (χ2v) is 6.55. The van der Waals surface area contributed by atoms with Crippen LogP contribution in [0.3, 0.4) is 0 Å². The van der Waals surface area contributed by atoms with Gasteiger partial charge < -0.3 is 19.9 Å². The second kappa shape index (κ2) is 14.6. The van der Waals surface area contributed by atoms with Gasteiger partial charge in [-0.2, -0.15) is 0 Å². The van der Waals surface area contributed by atoms with Crippen LogP contribution in [0.5, 0.6) is 0 Å². The molecule has 0 atom stereocenters. The van der Waals surface area contributed by atoms with Gasteiger partial charge in [-0.05, 0) is 29.3 Å². The number of nitrogens with zero attached hydrogens (tertiary/aromatic N) is 1. The van der Waals surface area contributed by atoms with Gasteiger partial charge in [0.15, 0.2) is 0 Å². The highest BCUT2D eigenvalue weighted by Gasteiger charge is 1.96. The summed E-state index contributed by atoms with van der Waals surface area (Å²) >= 11 is 0. The molecule has 0 unspecified atom stereocenters. The lowest BCUT2D eigenvalue weighted by Crippen LogP contribution is -2.52. The fraction of sp³-hybridized carbons (Fsp3) is 0.643. The van der Waals surface area contributed by atoms with Gasteiger partial charge in [-0.1, -0.05) is 16.9 Å². The average Bonchev–Trinajstić information content (AvgIpc) is 2.53. The number of quaternary nitrogens is 1. The van der Waals surface area contributed by atoms with E-state index in [4.69, 9.17) is 14.2 Å². The fourth-order valence-corrected chi connectivity index (χ4v) is 3.30. The van der Waals surface area contributed by atoms with Crippen molar-refractivity contribution in [1.29, 1.82) is 0 Å². The smallest absolute Gasteiger partial charge is 0.106 e. The number of aromatic nitrogens is 1. The maximum absolute atomic E-state index is 5.50. The summed E-state index contributed by atoms with van der Waals surface area (Å²) in [7, 11) is 3.52. The number of pyridine rings is 1. The highest BCUT2D eigenvalue weighted by molar-refractivity contribution is 8.76.